The fraction of sp³-hybridized carbons (Fsp3) is 0.625. The van der Waals surface area contributed by atoms with Crippen molar-refractivity contribution in [1.29, 1.82) is 0 Å². The molecular formula is C16H25N3O2. The van der Waals surface area contributed by atoms with Gasteiger partial charge in [-0.1, -0.05) is 20.3 Å². The first-order valence-corrected chi connectivity index (χ1v) is 7.67. The number of piperidine rings is 1. The molecule has 0 amide bonds. The molecule has 2 heterocycles. The molecule has 1 aliphatic rings. The molecule has 0 aliphatic carbocycles. The number of nitrogens with two attached hydrogens (primary N) is 1. The maximum Gasteiger partial charge on any atom is 0.340 e. The fourth-order valence-electron chi connectivity index (χ4n) is 2.71. The molecule has 21 heavy (non-hydrogen) atoms. The van der Waals surface area contributed by atoms with Crippen LogP contribution < -0.4 is 10.6 Å². The molecule has 1 saturated heterocycles. The normalized spacial score (nSPS) is 17.6. The van der Waals surface area contributed by atoms with Gasteiger partial charge in [0.1, 0.15) is 0 Å². The Hall–Kier alpha value is -1.78. The number of carbonyl (C=O) groups excluding carboxylic acids is 1. The summed E-state index contributed by atoms with van der Waals surface area (Å²) in [5.41, 5.74) is 7.38. The summed E-state index contributed by atoms with van der Waals surface area (Å²) >= 11 is 0. The van der Waals surface area contributed by atoms with Crippen LogP contribution in [0.2, 0.25) is 0 Å². The third kappa shape index (κ3) is 3.28. The minimum absolute atomic E-state index is 0.342. The van der Waals surface area contributed by atoms with Gasteiger partial charge in [0.15, 0.2) is 5.82 Å². The van der Waals surface area contributed by atoms with Crippen LogP contribution in [-0.2, 0) is 4.74 Å². The lowest BCUT2D eigenvalue weighted by Gasteiger charge is -2.39. The van der Waals surface area contributed by atoms with Gasteiger partial charge in [0.05, 0.1) is 17.9 Å². The number of rotatable bonds is 4. The van der Waals surface area contributed by atoms with E-state index >= 15 is 0 Å². The summed E-state index contributed by atoms with van der Waals surface area (Å²) in [5, 5.41) is 0. The van der Waals surface area contributed by atoms with Crippen molar-refractivity contribution in [2.24, 2.45) is 5.41 Å². The van der Waals surface area contributed by atoms with E-state index in [4.69, 9.17) is 10.5 Å². The van der Waals surface area contributed by atoms with E-state index in [0.717, 1.165) is 25.9 Å². The van der Waals surface area contributed by atoms with Gasteiger partial charge in [0.25, 0.3) is 0 Å². The number of ether oxygens (including phenoxy) is 1. The van der Waals surface area contributed by atoms with Gasteiger partial charge in [0, 0.05) is 19.3 Å². The molecule has 0 aromatic carbocycles. The van der Waals surface area contributed by atoms with E-state index in [9.17, 15) is 4.79 Å². The van der Waals surface area contributed by atoms with Crippen LogP contribution in [0.1, 0.15) is 50.4 Å². The summed E-state index contributed by atoms with van der Waals surface area (Å²) in [5.74, 6) is 0.327. The molecule has 1 fully saturated rings. The van der Waals surface area contributed by atoms with Crippen LogP contribution in [-0.4, -0.2) is 30.6 Å². The van der Waals surface area contributed by atoms with Crippen LogP contribution in [0.15, 0.2) is 12.3 Å². The number of carbonyl (C=O) groups is 1. The summed E-state index contributed by atoms with van der Waals surface area (Å²) in [6.07, 6.45) is 5.06. The number of nitrogens with zero attached hydrogens (tertiary/aromatic N) is 2. The lowest BCUT2D eigenvalue weighted by Crippen LogP contribution is -2.39. The second kappa shape index (κ2) is 6.33. The molecule has 0 spiro atoms. The van der Waals surface area contributed by atoms with E-state index in [1.54, 1.807) is 19.2 Å². The molecule has 2 rings (SSSR count). The topological polar surface area (TPSA) is 68.5 Å². The molecule has 5 heteroatoms. The van der Waals surface area contributed by atoms with Crippen LogP contribution >= 0.6 is 0 Å². The summed E-state index contributed by atoms with van der Waals surface area (Å²) in [6, 6.07) is 1.62. The van der Waals surface area contributed by atoms with Gasteiger partial charge in [0.2, 0.25) is 0 Å². The number of hydrogen-bond donors (Lipinski definition) is 1. The molecule has 5 nitrogen and oxygen atoms in total. The molecule has 1 aromatic rings. The average Bonchev–Trinajstić information content (AvgIpc) is 2.49. The molecule has 116 valence electrons. The number of anilines is 2. The van der Waals surface area contributed by atoms with E-state index in [-0.39, 0.29) is 5.97 Å². The van der Waals surface area contributed by atoms with Gasteiger partial charge in [-0.15, -0.1) is 0 Å². The lowest BCUT2D eigenvalue weighted by molar-refractivity contribution is 0.0527. The zero-order chi connectivity index (χ0) is 15.5. The highest BCUT2D eigenvalue weighted by atomic mass is 16.5. The standard InChI is InChI=1S/C16H25N3O2/c1-4-16(3)7-10-19(11-8-16)14-13(17)12(6-9-18-14)15(20)21-5-2/h6,9H,4-5,7-8,10-11,17H2,1-3H3. The van der Waals surface area contributed by atoms with Crippen LogP contribution in [0.3, 0.4) is 0 Å². The van der Waals surface area contributed by atoms with E-state index in [0.29, 0.717) is 29.1 Å². The Morgan fingerprint density at radius 1 is 1.43 bits per heavy atom. The van der Waals surface area contributed by atoms with E-state index in [2.05, 4.69) is 23.7 Å². The molecule has 0 saturated carbocycles. The first-order chi connectivity index (χ1) is 10.0. The minimum Gasteiger partial charge on any atom is -0.462 e. The maximum atomic E-state index is 11.9. The predicted molar refractivity (Wildman–Crippen MR) is 84.5 cm³/mol. The van der Waals surface area contributed by atoms with Crippen molar-refractivity contribution in [2.75, 3.05) is 30.3 Å². The molecule has 0 radical (unpaired) electrons. The maximum absolute atomic E-state index is 11.9. The third-order valence-electron chi connectivity index (χ3n) is 4.59. The van der Waals surface area contributed by atoms with Gasteiger partial charge >= 0.3 is 5.97 Å². The van der Waals surface area contributed by atoms with Gasteiger partial charge in [-0.2, -0.15) is 0 Å². The monoisotopic (exact) mass is 291 g/mol. The number of pyridine rings is 1. The van der Waals surface area contributed by atoms with Crippen molar-refractivity contribution >= 4 is 17.5 Å². The minimum atomic E-state index is -0.381. The van der Waals surface area contributed by atoms with Crippen LogP contribution in [0.5, 0.6) is 0 Å². The highest BCUT2D eigenvalue weighted by Gasteiger charge is 2.30. The summed E-state index contributed by atoms with van der Waals surface area (Å²) in [4.78, 5) is 18.4. The highest BCUT2D eigenvalue weighted by Crippen LogP contribution is 2.36. The smallest absolute Gasteiger partial charge is 0.340 e. The van der Waals surface area contributed by atoms with Gasteiger partial charge in [-0.3, -0.25) is 0 Å². The Balaban J connectivity index is 2.18. The number of nitrogen functional groups attached to an aromatic ring is 1. The second-order valence-corrected chi connectivity index (χ2v) is 5.97. The molecule has 1 aliphatic heterocycles. The van der Waals surface area contributed by atoms with Crippen LogP contribution in [0.25, 0.3) is 0 Å². The summed E-state index contributed by atoms with van der Waals surface area (Å²) < 4.78 is 5.04. The van der Waals surface area contributed by atoms with E-state index < -0.39 is 0 Å². The fourth-order valence-corrected chi connectivity index (χ4v) is 2.71. The van der Waals surface area contributed by atoms with E-state index in [1.807, 2.05) is 0 Å². The number of aromatic nitrogens is 1. The summed E-state index contributed by atoms with van der Waals surface area (Å²) in [6.45, 7) is 8.54. The first kappa shape index (κ1) is 15.6. The highest BCUT2D eigenvalue weighted by molar-refractivity contribution is 5.97. The quantitative estimate of drug-likeness (QED) is 0.864. The average molecular weight is 291 g/mol. The lowest BCUT2D eigenvalue weighted by atomic mass is 9.78. The SMILES string of the molecule is CCOC(=O)c1ccnc(N2CCC(C)(CC)CC2)c1N. The van der Waals surface area contributed by atoms with Gasteiger partial charge < -0.3 is 15.4 Å². The van der Waals surface area contributed by atoms with E-state index in [1.165, 1.54) is 6.42 Å². The summed E-state index contributed by atoms with van der Waals surface area (Å²) in [7, 11) is 0. The Bertz CT molecular complexity index is 508. The zero-order valence-corrected chi connectivity index (χ0v) is 13.2. The van der Waals surface area contributed by atoms with Crippen molar-refractivity contribution in [3.63, 3.8) is 0 Å². The van der Waals surface area contributed by atoms with Crippen molar-refractivity contribution in [3.8, 4) is 0 Å². The largest absolute Gasteiger partial charge is 0.462 e. The predicted octanol–water partition coefficient (Wildman–Crippen LogP) is 2.86. The Kier molecular flexibility index (Phi) is 4.70. The molecule has 0 unspecified atom stereocenters. The molecule has 0 atom stereocenters. The van der Waals surface area contributed by atoms with Gasteiger partial charge in [-0.05, 0) is 31.2 Å². The Labute approximate surface area is 126 Å². The van der Waals surface area contributed by atoms with Crippen molar-refractivity contribution in [3.05, 3.63) is 17.8 Å². The molecule has 1 aromatic heterocycles. The first-order valence-electron chi connectivity index (χ1n) is 7.67. The number of hydrogen-bond acceptors (Lipinski definition) is 5. The third-order valence-corrected chi connectivity index (χ3v) is 4.59. The molecular weight excluding hydrogens is 266 g/mol. The second-order valence-electron chi connectivity index (χ2n) is 5.97. The Morgan fingerprint density at radius 3 is 2.67 bits per heavy atom. The zero-order valence-electron chi connectivity index (χ0n) is 13.2. The van der Waals surface area contributed by atoms with Crippen molar-refractivity contribution in [2.45, 2.75) is 40.0 Å². The van der Waals surface area contributed by atoms with Crippen molar-refractivity contribution in [1.82, 2.24) is 4.98 Å². The van der Waals surface area contributed by atoms with Crippen molar-refractivity contribution < 1.29 is 9.53 Å². The molecule has 2 N–H and O–H groups in total. The Morgan fingerprint density at radius 2 is 2.10 bits per heavy atom. The van der Waals surface area contributed by atoms with Gasteiger partial charge in [-0.25, -0.2) is 9.78 Å². The van der Waals surface area contributed by atoms with Crippen LogP contribution in [0.4, 0.5) is 11.5 Å². The number of esters is 1. The molecule has 0 bridgehead atoms. The van der Waals surface area contributed by atoms with Crippen LogP contribution in [0, 0.1) is 5.41 Å².